The number of hydrogen-bond acceptors (Lipinski definition) is 4. The molecule has 0 amide bonds. The number of amidine groups is 1. The molecule has 5 nitrogen and oxygen atoms in total. The van der Waals surface area contributed by atoms with Crippen LogP contribution >= 0.6 is 0 Å². The fraction of sp³-hybridized carbons (Fsp3) is 0.125. The number of nitrogens with zero attached hydrogens (tertiary/aromatic N) is 2. The van der Waals surface area contributed by atoms with E-state index in [9.17, 15) is 0 Å². The first-order valence-electron chi connectivity index (χ1n) is 4.04. The van der Waals surface area contributed by atoms with E-state index in [1.165, 1.54) is 0 Å². The molecule has 0 fully saturated rings. The van der Waals surface area contributed by atoms with Gasteiger partial charge in [-0.2, -0.15) is 11.0 Å². The number of hydrazone groups is 1. The summed E-state index contributed by atoms with van der Waals surface area (Å²) in [5.41, 5.74) is 3.91. The molecule has 14 heavy (non-hydrogen) atoms. The van der Waals surface area contributed by atoms with Crippen molar-refractivity contribution in [3.63, 3.8) is 0 Å². The van der Waals surface area contributed by atoms with Gasteiger partial charge in [-0.15, -0.1) is 5.12 Å². The normalized spacial score (nSPS) is 20.3. The van der Waals surface area contributed by atoms with Gasteiger partial charge in [-0.1, -0.05) is 23.3 Å². The minimum atomic E-state index is 0. The minimum absolute atomic E-state index is 0. The maximum absolute atomic E-state index is 5.73. The van der Waals surface area contributed by atoms with Gasteiger partial charge in [0.2, 0.25) is 0 Å². The maximum atomic E-state index is 5.73. The molecule has 0 saturated carbocycles. The Balaban J connectivity index is 0.000000980. The summed E-state index contributed by atoms with van der Waals surface area (Å²) in [6.45, 7) is 0. The van der Waals surface area contributed by atoms with Crippen LogP contribution in [0.3, 0.4) is 0 Å². The summed E-state index contributed by atoms with van der Waals surface area (Å²) in [7, 11) is 1.81. The third-order valence-corrected chi connectivity index (χ3v) is 1.83. The zero-order chi connectivity index (χ0) is 9.26. The number of hydrogen-bond donors (Lipinski definition) is 3. The first-order chi connectivity index (χ1) is 6.27. The predicted molar refractivity (Wildman–Crippen MR) is 49.0 cm³/mol. The number of quaternary nitrogens is 1. The lowest BCUT2D eigenvalue weighted by Gasteiger charge is -2.06. The number of nitrogens with one attached hydrogen (secondary N) is 2. The van der Waals surface area contributed by atoms with Crippen molar-refractivity contribution in [2.75, 3.05) is 7.05 Å². The SMILES string of the molecule is CN1N=C(c2ccccc2)[NH+](N)N1.[Br-]. The Labute approximate surface area is 92.9 Å². The lowest BCUT2D eigenvalue weighted by atomic mass is 10.2. The van der Waals surface area contributed by atoms with E-state index in [2.05, 4.69) is 10.6 Å². The molecule has 1 aliphatic rings. The van der Waals surface area contributed by atoms with Crippen molar-refractivity contribution in [2.45, 2.75) is 0 Å². The molecule has 0 aliphatic carbocycles. The molecular formula is C8H12BrN5. The van der Waals surface area contributed by atoms with Gasteiger partial charge < -0.3 is 17.0 Å². The largest absolute Gasteiger partial charge is 1.00 e. The van der Waals surface area contributed by atoms with Crippen LogP contribution < -0.4 is 33.5 Å². The number of halogens is 1. The second-order valence-corrected chi connectivity index (χ2v) is 2.86. The molecule has 2 rings (SSSR count). The molecule has 0 bridgehead atoms. The second kappa shape index (κ2) is 4.52. The van der Waals surface area contributed by atoms with Gasteiger partial charge in [0.15, 0.2) is 0 Å². The van der Waals surface area contributed by atoms with Crippen LogP contribution in [0.25, 0.3) is 0 Å². The Kier molecular flexibility index (Phi) is 3.59. The van der Waals surface area contributed by atoms with Crippen LogP contribution in [0.5, 0.6) is 0 Å². The van der Waals surface area contributed by atoms with Crippen LogP contribution in [0.2, 0.25) is 0 Å². The summed E-state index contributed by atoms with van der Waals surface area (Å²) in [5.74, 6) is 6.53. The highest BCUT2D eigenvalue weighted by molar-refractivity contribution is 5.91. The highest BCUT2D eigenvalue weighted by atomic mass is 79.9. The monoisotopic (exact) mass is 257 g/mol. The van der Waals surface area contributed by atoms with Gasteiger partial charge in [0.05, 0.1) is 5.56 Å². The number of benzene rings is 1. The van der Waals surface area contributed by atoms with Crippen LogP contribution in [0.15, 0.2) is 35.4 Å². The van der Waals surface area contributed by atoms with Gasteiger partial charge in [0.25, 0.3) is 5.84 Å². The number of hydrazine groups is 1. The van der Waals surface area contributed by atoms with Gasteiger partial charge in [-0.3, -0.25) is 0 Å². The predicted octanol–water partition coefficient (Wildman–Crippen LogP) is -4.52. The first-order valence-corrected chi connectivity index (χ1v) is 4.04. The summed E-state index contributed by atoms with van der Waals surface area (Å²) in [5, 5.41) is 6.40. The van der Waals surface area contributed by atoms with E-state index in [1.54, 1.807) is 5.12 Å². The van der Waals surface area contributed by atoms with E-state index >= 15 is 0 Å². The molecule has 1 atom stereocenters. The fourth-order valence-electron chi connectivity index (χ4n) is 1.27. The molecule has 6 heteroatoms. The smallest absolute Gasteiger partial charge is 0.292 e. The molecule has 1 aromatic carbocycles. The third-order valence-electron chi connectivity index (χ3n) is 1.83. The molecule has 1 aliphatic heterocycles. The topological polar surface area (TPSA) is 58.1 Å². The average Bonchev–Trinajstić information content (AvgIpc) is 2.47. The van der Waals surface area contributed by atoms with Crippen LogP contribution in [0, 0.1) is 0 Å². The molecule has 0 spiro atoms. The van der Waals surface area contributed by atoms with E-state index in [1.807, 2.05) is 37.4 Å². The van der Waals surface area contributed by atoms with Gasteiger partial charge in [-0.25, -0.2) is 0 Å². The summed E-state index contributed by atoms with van der Waals surface area (Å²) in [4.78, 5) is 0. The Morgan fingerprint density at radius 2 is 2.00 bits per heavy atom. The molecule has 1 heterocycles. The average molecular weight is 258 g/mol. The van der Waals surface area contributed by atoms with Crippen molar-refractivity contribution >= 4 is 5.84 Å². The molecule has 4 N–H and O–H groups in total. The number of nitrogens with two attached hydrogens (primary N) is 1. The van der Waals surface area contributed by atoms with E-state index < -0.39 is 0 Å². The molecule has 0 radical (unpaired) electrons. The summed E-state index contributed by atoms with van der Waals surface area (Å²) in [6, 6.07) is 9.85. The Morgan fingerprint density at radius 1 is 1.36 bits per heavy atom. The summed E-state index contributed by atoms with van der Waals surface area (Å²) >= 11 is 0. The Morgan fingerprint density at radius 3 is 2.50 bits per heavy atom. The van der Waals surface area contributed by atoms with Crippen LogP contribution in [0.1, 0.15) is 5.56 Å². The molecular weight excluding hydrogens is 246 g/mol. The molecule has 76 valence electrons. The molecule has 0 saturated heterocycles. The highest BCUT2D eigenvalue weighted by Gasteiger charge is 2.24. The van der Waals surface area contributed by atoms with E-state index in [4.69, 9.17) is 5.84 Å². The Hall–Kier alpha value is -0.950. The minimum Gasteiger partial charge on any atom is -1.00 e. The van der Waals surface area contributed by atoms with Crippen molar-refractivity contribution in [2.24, 2.45) is 10.9 Å². The van der Waals surface area contributed by atoms with E-state index in [-0.39, 0.29) is 17.0 Å². The van der Waals surface area contributed by atoms with Crippen molar-refractivity contribution in [3.8, 4) is 0 Å². The zero-order valence-electron chi connectivity index (χ0n) is 7.74. The van der Waals surface area contributed by atoms with E-state index in [0.29, 0.717) is 5.12 Å². The van der Waals surface area contributed by atoms with Crippen molar-refractivity contribution in [3.05, 3.63) is 35.9 Å². The molecule has 1 unspecified atom stereocenters. The van der Waals surface area contributed by atoms with Gasteiger partial charge in [-0.05, 0) is 17.7 Å². The summed E-state index contributed by atoms with van der Waals surface area (Å²) < 4.78 is 0. The second-order valence-electron chi connectivity index (χ2n) is 2.86. The molecule has 0 aromatic heterocycles. The number of rotatable bonds is 1. The maximum Gasteiger partial charge on any atom is 0.292 e. The van der Waals surface area contributed by atoms with Crippen LogP contribution in [-0.2, 0) is 0 Å². The lowest BCUT2D eigenvalue weighted by Crippen LogP contribution is -3.25. The van der Waals surface area contributed by atoms with Crippen molar-refractivity contribution in [1.82, 2.24) is 10.7 Å². The van der Waals surface area contributed by atoms with Crippen molar-refractivity contribution in [1.29, 1.82) is 0 Å². The Bertz CT molecular complexity index is 326. The quantitative estimate of drug-likeness (QED) is 0.445. The van der Waals surface area contributed by atoms with Crippen LogP contribution in [-0.4, -0.2) is 18.0 Å². The van der Waals surface area contributed by atoms with Gasteiger partial charge >= 0.3 is 0 Å². The highest BCUT2D eigenvalue weighted by Crippen LogP contribution is 1.98. The van der Waals surface area contributed by atoms with Gasteiger partial charge in [0.1, 0.15) is 0 Å². The van der Waals surface area contributed by atoms with Crippen molar-refractivity contribution < 1.29 is 22.1 Å². The lowest BCUT2D eigenvalue weighted by molar-refractivity contribution is -0.875. The first kappa shape index (κ1) is 11.1. The van der Waals surface area contributed by atoms with Gasteiger partial charge in [0, 0.05) is 7.05 Å². The van der Waals surface area contributed by atoms with Crippen LogP contribution in [0.4, 0.5) is 0 Å². The fourth-order valence-corrected chi connectivity index (χ4v) is 1.27. The third kappa shape index (κ3) is 2.10. The zero-order valence-corrected chi connectivity index (χ0v) is 9.32. The standard InChI is InChI=1S/C8H11N5.BrH/c1-12-10-8(13(9)11-12)7-5-3-2-4-6-7;/h2-6,11H,9H2,1H3;1H. The molecule has 1 aromatic rings. The summed E-state index contributed by atoms with van der Waals surface area (Å²) in [6.07, 6.45) is 0. The van der Waals surface area contributed by atoms with E-state index in [0.717, 1.165) is 11.4 Å².